The average molecular weight is 837 g/mol. The van der Waals surface area contributed by atoms with Crippen molar-refractivity contribution in [2.24, 2.45) is 0 Å². The topological polar surface area (TPSA) is 0 Å². The molecule has 6 aromatic rings. The van der Waals surface area contributed by atoms with E-state index in [1.165, 1.54) is 89.5 Å². The number of allylic oxidation sites excluding steroid dienone is 6. The lowest BCUT2D eigenvalue weighted by atomic mass is 9.97. The highest BCUT2D eigenvalue weighted by atomic mass is 32.2. The minimum absolute atomic E-state index is 1.23. The molecule has 0 atom stereocenters. The van der Waals surface area contributed by atoms with Crippen LogP contribution in [0.25, 0.3) is 11.1 Å². The minimum Gasteiger partial charge on any atom is -0.0809 e. The Bertz CT molecular complexity index is 2310. The molecule has 4 heterocycles. The number of fused-ring (bicyclic) bond motifs is 4. The van der Waals surface area contributed by atoms with E-state index in [1.807, 2.05) is 94.1 Å². The summed E-state index contributed by atoms with van der Waals surface area (Å²) in [5.74, 6) is 0. The number of rotatable bonds is 6. The first-order valence-electron chi connectivity index (χ1n) is 17.3. The van der Waals surface area contributed by atoms with Gasteiger partial charge in [0.05, 0.1) is 16.9 Å². The van der Waals surface area contributed by atoms with Gasteiger partial charge >= 0.3 is 0 Å². The van der Waals surface area contributed by atoms with Crippen LogP contribution in [-0.2, 0) is 0 Å². The van der Waals surface area contributed by atoms with Gasteiger partial charge in [-0.2, -0.15) is 0 Å². The van der Waals surface area contributed by atoms with Crippen LogP contribution >= 0.6 is 94.1 Å². The largest absolute Gasteiger partial charge is 0.0809 e. The number of thioether (sulfide) groups is 8. The zero-order valence-corrected chi connectivity index (χ0v) is 35.0. The third-order valence-electron chi connectivity index (χ3n) is 8.95. The predicted molar refractivity (Wildman–Crippen MR) is 243 cm³/mol. The summed E-state index contributed by atoms with van der Waals surface area (Å²) in [7, 11) is 0. The van der Waals surface area contributed by atoms with Crippen molar-refractivity contribution < 1.29 is 0 Å². The van der Waals surface area contributed by atoms with Crippen LogP contribution in [0, 0.1) is 0 Å². The molecule has 0 fully saturated rings. The minimum atomic E-state index is 1.23. The van der Waals surface area contributed by atoms with Crippen molar-refractivity contribution in [3.63, 3.8) is 0 Å². The second kappa shape index (κ2) is 15.8. The lowest BCUT2D eigenvalue weighted by Gasteiger charge is -2.18. The lowest BCUT2D eigenvalue weighted by molar-refractivity contribution is 1.27. The van der Waals surface area contributed by atoms with Gasteiger partial charge in [-0.3, -0.25) is 0 Å². The molecular formula is C46H28S8. The Balaban J connectivity index is 1.20. The van der Waals surface area contributed by atoms with Gasteiger partial charge in [-0.25, -0.2) is 0 Å². The van der Waals surface area contributed by atoms with Crippen molar-refractivity contribution in [3.05, 3.63) is 209 Å². The zero-order valence-electron chi connectivity index (χ0n) is 28.4. The monoisotopic (exact) mass is 836 g/mol. The fourth-order valence-corrected chi connectivity index (χ4v) is 16.8. The summed E-state index contributed by atoms with van der Waals surface area (Å²) in [4.78, 5) is 10.5. The van der Waals surface area contributed by atoms with Gasteiger partial charge in [0.2, 0.25) is 0 Å². The van der Waals surface area contributed by atoms with Crippen LogP contribution in [-0.4, -0.2) is 0 Å². The summed E-state index contributed by atoms with van der Waals surface area (Å²) in [6, 6.07) is 57.3. The van der Waals surface area contributed by atoms with Crippen LogP contribution in [0.15, 0.2) is 237 Å². The first-order valence-corrected chi connectivity index (χ1v) is 23.8. The molecule has 0 radical (unpaired) electrons. The summed E-state index contributed by atoms with van der Waals surface area (Å²) in [6.45, 7) is 0. The Hall–Kier alpha value is -3.18. The Morgan fingerprint density at radius 3 is 0.741 bits per heavy atom. The molecule has 6 aromatic carbocycles. The summed E-state index contributed by atoms with van der Waals surface area (Å²) >= 11 is 15.2. The fourth-order valence-electron chi connectivity index (χ4n) is 6.43. The second-order valence-corrected chi connectivity index (χ2v) is 21.8. The van der Waals surface area contributed by atoms with Gasteiger partial charge in [0.15, 0.2) is 0 Å². The first kappa shape index (κ1) is 35.2. The van der Waals surface area contributed by atoms with Crippen molar-refractivity contribution in [3.8, 4) is 0 Å². The van der Waals surface area contributed by atoms with Crippen molar-refractivity contribution in [2.45, 2.75) is 39.2 Å². The van der Waals surface area contributed by atoms with E-state index >= 15 is 0 Å². The maximum atomic E-state index is 2.44. The molecule has 0 nitrogen and oxygen atoms in total. The third kappa shape index (κ3) is 7.05. The highest BCUT2D eigenvalue weighted by Crippen LogP contribution is 2.61. The molecule has 0 aliphatic carbocycles. The Morgan fingerprint density at radius 2 is 0.481 bits per heavy atom. The standard InChI is InChI=1S/C46H28S8/c1-3-15-29(16-4-1)41(45-51-37-23-11-12-24-38(37)52-45)31(43-47-33-19-7-8-20-34(33)48-43)27-28-32(44-49-35-21-9-10-22-36(35)50-44)42(30-17-5-2-6-18-30)46-53-39-25-13-14-26-40(39)54-46/h1-28H/b28-27+. The molecular weight excluding hydrogens is 809 g/mol. The van der Waals surface area contributed by atoms with Crippen molar-refractivity contribution in [1.82, 2.24) is 0 Å². The molecule has 0 amide bonds. The average Bonchev–Trinajstić information content (AvgIpc) is 4.03. The van der Waals surface area contributed by atoms with Crippen LogP contribution in [0.5, 0.6) is 0 Å². The molecule has 8 heteroatoms. The lowest BCUT2D eigenvalue weighted by Crippen LogP contribution is -1.95. The number of hydrogen-bond donors (Lipinski definition) is 0. The Morgan fingerprint density at radius 1 is 0.259 bits per heavy atom. The predicted octanol–water partition coefficient (Wildman–Crippen LogP) is 16.3. The summed E-state index contributed by atoms with van der Waals surface area (Å²) in [5, 5.41) is 0. The van der Waals surface area contributed by atoms with E-state index < -0.39 is 0 Å². The molecule has 0 saturated carbocycles. The van der Waals surface area contributed by atoms with Gasteiger partial charge in [0.25, 0.3) is 0 Å². The Kier molecular flexibility index (Phi) is 10.3. The summed E-state index contributed by atoms with van der Waals surface area (Å²) in [6.07, 6.45) is 4.88. The van der Waals surface area contributed by atoms with Gasteiger partial charge in [0.1, 0.15) is 0 Å². The second-order valence-electron chi connectivity index (χ2n) is 12.4. The van der Waals surface area contributed by atoms with Crippen LogP contribution in [0.3, 0.4) is 0 Å². The van der Waals surface area contributed by atoms with E-state index in [-0.39, 0.29) is 0 Å². The van der Waals surface area contributed by atoms with Crippen molar-refractivity contribution >= 4 is 105 Å². The van der Waals surface area contributed by atoms with Gasteiger partial charge in [-0.1, -0.05) is 215 Å². The molecule has 0 unspecified atom stereocenters. The fraction of sp³-hybridized carbons (Fsp3) is 0. The molecule has 4 aliphatic heterocycles. The van der Waals surface area contributed by atoms with E-state index in [0.717, 1.165) is 0 Å². The van der Waals surface area contributed by atoms with Gasteiger partial charge in [-0.05, 0) is 59.7 Å². The SMILES string of the molecule is C(=C\C(=C1Sc2ccccc2S1)C(=C1Sc2ccccc2S1)c1ccccc1)/C(=C1Sc2ccccc2S1)C(=C1Sc2ccccc2S1)c1ccccc1. The number of benzene rings is 6. The Labute approximate surface area is 350 Å². The van der Waals surface area contributed by atoms with E-state index in [0.29, 0.717) is 0 Å². The molecule has 4 aliphatic rings. The zero-order chi connectivity index (χ0) is 35.8. The van der Waals surface area contributed by atoms with Crippen molar-refractivity contribution in [2.75, 3.05) is 0 Å². The highest BCUT2D eigenvalue weighted by molar-refractivity contribution is 8.26. The maximum absolute atomic E-state index is 2.44. The van der Waals surface area contributed by atoms with Crippen LogP contribution in [0.1, 0.15) is 11.1 Å². The normalized spacial score (nSPS) is 15.3. The molecule has 0 spiro atoms. The van der Waals surface area contributed by atoms with E-state index in [1.54, 1.807) is 0 Å². The smallest absolute Gasteiger partial charge is 0.0584 e. The number of hydrogen-bond acceptors (Lipinski definition) is 8. The summed E-state index contributed by atoms with van der Waals surface area (Å²) < 4.78 is 5.25. The highest BCUT2D eigenvalue weighted by Gasteiger charge is 2.30. The van der Waals surface area contributed by atoms with Gasteiger partial charge < -0.3 is 0 Å². The molecule has 0 aromatic heterocycles. The third-order valence-corrected chi connectivity index (χ3v) is 19.2. The molecule has 0 bridgehead atoms. The molecule has 54 heavy (non-hydrogen) atoms. The van der Waals surface area contributed by atoms with Crippen molar-refractivity contribution in [1.29, 1.82) is 0 Å². The molecule has 10 rings (SSSR count). The summed E-state index contributed by atoms with van der Waals surface area (Å²) in [5.41, 5.74) is 7.54. The van der Waals surface area contributed by atoms with Crippen LogP contribution in [0.2, 0.25) is 0 Å². The quantitative estimate of drug-likeness (QED) is 0.161. The first-order chi connectivity index (χ1) is 26.7. The van der Waals surface area contributed by atoms with Crippen LogP contribution < -0.4 is 0 Å². The van der Waals surface area contributed by atoms with Gasteiger partial charge in [-0.15, -0.1) is 0 Å². The van der Waals surface area contributed by atoms with E-state index in [4.69, 9.17) is 0 Å². The molecule has 260 valence electrons. The van der Waals surface area contributed by atoms with Crippen LogP contribution in [0.4, 0.5) is 0 Å². The van der Waals surface area contributed by atoms with E-state index in [2.05, 4.69) is 170 Å². The van der Waals surface area contributed by atoms with Gasteiger partial charge in [0, 0.05) is 61.5 Å². The molecule has 0 saturated heterocycles. The maximum Gasteiger partial charge on any atom is 0.0584 e. The molecule has 0 N–H and O–H groups in total. The van der Waals surface area contributed by atoms with E-state index in [9.17, 15) is 0 Å².